The summed E-state index contributed by atoms with van der Waals surface area (Å²) in [7, 11) is 0. The molecule has 4 nitrogen and oxygen atoms in total. The van der Waals surface area contributed by atoms with Crippen molar-refractivity contribution in [2.75, 3.05) is 12.3 Å². The molecule has 112 valence electrons. The van der Waals surface area contributed by atoms with Gasteiger partial charge in [-0.2, -0.15) is 0 Å². The molecule has 1 fully saturated rings. The van der Waals surface area contributed by atoms with Crippen LogP contribution in [0.5, 0.6) is 0 Å². The van der Waals surface area contributed by atoms with Crippen LogP contribution in [0.3, 0.4) is 0 Å². The minimum Gasteiger partial charge on any atom is -0.355 e. The third-order valence-electron chi connectivity index (χ3n) is 3.86. The van der Waals surface area contributed by atoms with Crippen molar-refractivity contribution in [2.45, 2.75) is 37.1 Å². The number of aromatic nitrogens is 2. The molecule has 0 aromatic carbocycles. The minimum absolute atomic E-state index is 0.105. The Morgan fingerprint density at radius 3 is 3.05 bits per heavy atom. The van der Waals surface area contributed by atoms with E-state index >= 15 is 0 Å². The maximum Gasteiger partial charge on any atom is 0.230 e. The van der Waals surface area contributed by atoms with Gasteiger partial charge in [0.25, 0.3) is 0 Å². The van der Waals surface area contributed by atoms with Crippen molar-refractivity contribution < 1.29 is 4.79 Å². The van der Waals surface area contributed by atoms with Crippen LogP contribution in [0.25, 0.3) is 10.2 Å². The molecule has 0 radical (unpaired) electrons. The Kier molecular flexibility index (Phi) is 5.08. The lowest BCUT2D eigenvalue weighted by atomic mass is 9.89. The second-order valence-corrected chi connectivity index (χ2v) is 7.29. The standard InChI is InChI=1S/C15H19N3OS2/c19-13(16-8-11-4-2-1-3-5-11)9-21-15-14-12(6-7-20-14)17-10-18-15/h6-7,10-11H,1-5,8-9H2,(H,16,19). The van der Waals surface area contributed by atoms with Gasteiger partial charge in [0.15, 0.2) is 0 Å². The summed E-state index contributed by atoms with van der Waals surface area (Å²) in [5.74, 6) is 1.21. The molecule has 0 spiro atoms. The summed E-state index contributed by atoms with van der Waals surface area (Å²) in [4.78, 5) is 20.5. The van der Waals surface area contributed by atoms with Crippen molar-refractivity contribution in [3.8, 4) is 0 Å². The summed E-state index contributed by atoms with van der Waals surface area (Å²) in [5, 5.41) is 5.98. The molecule has 2 aromatic rings. The normalized spacial score (nSPS) is 16.2. The van der Waals surface area contributed by atoms with E-state index in [1.54, 1.807) is 17.7 Å². The Balaban J connectivity index is 1.48. The number of thiophene rings is 1. The van der Waals surface area contributed by atoms with Crippen LogP contribution in [-0.4, -0.2) is 28.2 Å². The molecular formula is C15H19N3OS2. The topological polar surface area (TPSA) is 54.9 Å². The molecular weight excluding hydrogens is 302 g/mol. The lowest BCUT2D eigenvalue weighted by Crippen LogP contribution is -2.31. The predicted octanol–water partition coefficient (Wildman–Crippen LogP) is 3.48. The number of carbonyl (C=O) groups is 1. The maximum absolute atomic E-state index is 12.0. The number of nitrogens with one attached hydrogen (secondary N) is 1. The number of fused-ring (bicyclic) bond motifs is 1. The van der Waals surface area contributed by atoms with Crippen LogP contribution in [0.2, 0.25) is 0 Å². The first-order valence-corrected chi connectivity index (χ1v) is 9.27. The summed E-state index contributed by atoms with van der Waals surface area (Å²) in [6.45, 7) is 0.831. The van der Waals surface area contributed by atoms with E-state index in [2.05, 4.69) is 15.3 Å². The molecule has 0 aliphatic heterocycles. The van der Waals surface area contributed by atoms with Gasteiger partial charge in [0.2, 0.25) is 5.91 Å². The summed E-state index contributed by atoms with van der Waals surface area (Å²) in [5.41, 5.74) is 0.958. The average molecular weight is 321 g/mol. The van der Waals surface area contributed by atoms with Gasteiger partial charge >= 0.3 is 0 Å². The summed E-state index contributed by atoms with van der Waals surface area (Å²) < 4.78 is 1.07. The lowest BCUT2D eigenvalue weighted by molar-refractivity contribution is -0.118. The van der Waals surface area contributed by atoms with E-state index in [9.17, 15) is 4.79 Å². The molecule has 2 aromatic heterocycles. The quantitative estimate of drug-likeness (QED) is 0.676. The highest BCUT2D eigenvalue weighted by Gasteiger charge is 2.14. The number of hydrogen-bond acceptors (Lipinski definition) is 5. The van der Waals surface area contributed by atoms with Crippen LogP contribution in [0.4, 0.5) is 0 Å². The monoisotopic (exact) mass is 321 g/mol. The van der Waals surface area contributed by atoms with Gasteiger partial charge in [0.1, 0.15) is 11.4 Å². The van der Waals surface area contributed by atoms with E-state index in [1.165, 1.54) is 43.9 Å². The molecule has 1 aliphatic carbocycles. The second-order valence-electron chi connectivity index (χ2n) is 5.41. The van der Waals surface area contributed by atoms with E-state index in [-0.39, 0.29) is 5.91 Å². The van der Waals surface area contributed by atoms with Crippen LogP contribution in [0, 0.1) is 5.92 Å². The molecule has 2 heterocycles. The Bertz CT molecular complexity index is 608. The number of amides is 1. The SMILES string of the molecule is O=C(CSc1ncnc2ccsc12)NCC1CCCCC1. The molecule has 1 N–H and O–H groups in total. The number of rotatable bonds is 5. The van der Waals surface area contributed by atoms with Crippen molar-refractivity contribution in [2.24, 2.45) is 5.92 Å². The number of thioether (sulfide) groups is 1. The lowest BCUT2D eigenvalue weighted by Gasteiger charge is -2.21. The molecule has 0 atom stereocenters. The first-order valence-electron chi connectivity index (χ1n) is 7.40. The highest BCUT2D eigenvalue weighted by Crippen LogP contribution is 2.28. The van der Waals surface area contributed by atoms with Crippen LogP contribution in [0.1, 0.15) is 32.1 Å². The van der Waals surface area contributed by atoms with Crippen LogP contribution < -0.4 is 5.32 Å². The number of carbonyl (C=O) groups excluding carboxylic acids is 1. The highest BCUT2D eigenvalue weighted by molar-refractivity contribution is 8.00. The third kappa shape index (κ3) is 3.95. The minimum atomic E-state index is 0.105. The fourth-order valence-electron chi connectivity index (χ4n) is 2.70. The predicted molar refractivity (Wildman–Crippen MR) is 87.7 cm³/mol. The Labute approximate surface area is 132 Å². The second kappa shape index (κ2) is 7.22. The number of hydrogen-bond donors (Lipinski definition) is 1. The first-order chi connectivity index (χ1) is 10.3. The van der Waals surface area contributed by atoms with Crippen molar-refractivity contribution in [3.05, 3.63) is 17.8 Å². The first kappa shape index (κ1) is 14.8. The van der Waals surface area contributed by atoms with Gasteiger partial charge in [0.05, 0.1) is 16.0 Å². The fraction of sp³-hybridized carbons (Fsp3) is 0.533. The van der Waals surface area contributed by atoms with Crippen LogP contribution in [0.15, 0.2) is 22.8 Å². The van der Waals surface area contributed by atoms with E-state index in [4.69, 9.17) is 0 Å². The van der Waals surface area contributed by atoms with Crippen molar-refractivity contribution in [3.63, 3.8) is 0 Å². The van der Waals surface area contributed by atoms with Crippen molar-refractivity contribution in [1.29, 1.82) is 0 Å². The Morgan fingerprint density at radius 2 is 2.19 bits per heavy atom. The smallest absolute Gasteiger partial charge is 0.230 e. The summed E-state index contributed by atoms with van der Waals surface area (Å²) >= 11 is 3.12. The molecule has 1 aliphatic rings. The summed E-state index contributed by atoms with van der Waals surface area (Å²) in [6, 6.07) is 1.98. The maximum atomic E-state index is 12.0. The molecule has 1 saturated carbocycles. The van der Waals surface area contributed by atoms with E-state index in [0.29, 0.717) is 11.7 Å². The molecule has 0 bridgehead atoms. The van der Waals surface area contributed by atoms with Gasteiger partial charge in [-0.15, -0.1) is 11.3 Å². The number of nitrogens with zero attached hydrogens (tertiary/aromatic N) is 2. The average Bonchev–Trinajstić information content (AvgIpc) is 3.01. The molecule has 6 heteroatoms. The van der Waals surface area contributed by atoms with Gasteiger partial charge in [-0.05, 0) is 30.2 Å². The molecule has 1 amide bonds. The van der Waals surface area contributed by atoms with E-state index < -0.39 is 0 Å². The van der Waals surface area contributed by atoms with Crippen molar-refractivity contribution >= 4 is 39.2 Å². The van der Waals surface area contributed by atoms with Gasteiger partial charge in [-0.25, -0.2) is 9.97 Å². The van der Waals surface area contributed by atoms with Gasteiger partial charge in [-0.1, -0.05) is 31.0 Å². The zero-order chi connectivity index (χ0) is 14.5. The molecule has 21 heavy (non-hydrogen) atoms. The molecule has 0 saturated heterocycles. The largest absolute Gasteiger partial charge is 0.355 e. The Morgan fingerprint density at radius 1 is 1.33 bits per heavy atom. The van der Waals surface area contributed by atoms with Crippen LogP contribution >= 0.6 is 23.1 Å². The zero-order valence-corrected chi connectivity index (χ0v) is 13.5. The van der Waals surface area contributed by atoms with E-state index in [1.807, 2.05) is 11.4 Å². The van der Waals surface area contributed by atoms with E-state index in [0.717, 1.165) is 21.8 Å². The highest BCUT2D eigenvalue weighted by atomic mass is 32.2. The third-order valence-corrected chi connectivity index (χ3v) is 5.89. The Hall–Kier alpha value is -1.14. The van der Waals surface area contributed by atoms with Crippen LogP contribution in [-0.2, 0) is 4.79 Å². The van der Waals surface area contributed by atoms with Gasteiger partial charge in [0, 0.05) is 6.54 Å². The zero-order valence-electron chi connectivity index (χ0n) is 11.9. The molecule has 0 unspecified atom stereocenters. The van der Waals surface area contributed by atoms with Gasteiger partial charge < -0.3 is 5.32 Å². The fourth-order valence-corrected chi connectivity index (χ4v) is 4.48. The van der Waals surface area contributed by atoms with Gasteiger partial charge in [-0.3, -0.25) is 4.79 Å². The summed E-state index contributed by atoms with van der Waals surface area (Å²) in [6.07, 6.45) is 8.06. The van der Waals surface area contributed by atoms with Crippen molar-refractivity contribution in [1.82, 2.24) is 15.3 Å². The molecule has 3 rings (SSSR count).